The highest BCUT2D eigenvalue weighted by molar-refractivity contribution is 7.91. The summed E-state index contributed by atoms with van der Waals surface area (Å²) in [4.78, 5) is 12.6. The maximum Gasteiger partial charge on any atom is 0.335 e. The summed E-state index contributed by atoms with van der Waals surface area (Å²) in [6.07, 6.45) is 0. The van der Waals surface area contributed by atoms with E-state index < -0.39 is 15.8 Å². The summed E-state index contributed by atoms with van der Waals surface area (Å²) >= 11 is 12.1. The van der Waals surface area contributed by atoms with E-state index in [1.54, 1.807) is 4.90 Å². The summed E-state index contributed by atoms with van der Waals surface area (Å²) in [5.41, 5.74) is 0.492. The van der Waals surface area contributed by atoms with Crippen molar-refractivity contribution in [3.05, 3.63) is 27.7 Å². The number of carboxylic acid groups (broad SMARTS) is 1. The Morgan fingerprint density at radius 1 is 1.16 bits per heavy atom. The first-order valence-electron chi connectivity index (χ1n) is 5.48. The van der Waals surface area contributed by atoms with E-state index in [1.165, 1.54) is 12.1 Å². The Kier molecular flexibility index (Phi) is 3.94. The second-order valence-electron chi connectivity index (χ2n) is 4.23. The molecule has 0 saturated carbocycles. The number of nitrogens with zero attached hydrogens (tertiary/aromatic N) is 1. The fraction of sp³-hybridized carbons (Fsp3) is 0.364. The van der Waals surface area contributed by atoms with Gasteiger partial charge in [0.05, 0.1) is 32.8 Å². The third kappa shape index (κ3) is 3.13. The van der Waals surface area contributed by atoms with E-state index in [4.69, 9.17) is 28.3 Å². The molecule has 2 rings (SSSR count). The first-order chi connectivity index (χ1) is 8.80. The molecule has 0 amide bonds. The second-order valence-corrected chi connectivity index (χ2v) is 7.35. The lowest BCUT2D eigenvalue weighted by molar-refractivity contribution is 0.0697. The quantitative estimate of drug-likeness (QED) is 0.900. The van der Waals surface area contributed by atoms with Crippen LogP contribution in [0, 0.1) is 0 Å². The molecule has 1 N–H and O–H groups in total. The van der Waals surface area contributed by atoms with Gasteiger partial charge in [-0.15, -0.1) is 0 Å². The maximum atomic E-state index is 11.4. The fourth-order valence-electron chi connectivity index (χ4n) is 1.93. The molecule has 0 atom stereocenters. The zero-order valence-electron chi connectivity index (χ0n) is 9.77. The molecular weight excluding hydrogens is 313 g/mol. The van der Waals surface area contributed by atoms with Crippen LogP contribution in [0.15, 0.2) is 12.1 Å². The van der Waals surface area contributed by atoms with E-state index in [-0.39, 0.29) is 27.1 Å². The molecule has 0 spiro atoms. The summed E-state index contributed by atoms with van der Waals surface area (Å²) in [6.45, 7) is 0.600. The Morgan fingerprint density at radius 2 is 1.63 bits per heavy atom. The summed E-state index contributed by atoms with van der Waals surface area (Å²) in [5.74, 6) is -1.03. The van der Waals surface area contributed by atoms with Crippen molar-refractivity contribution < 1.29 is 18.3 Å². The van der Waals surface area contributed by atoms with Crippen LogP contribution in [0.3, 0.4) is 0 Å². The van der Waals surface area contributed by atoms with Crippen LogP contribution in [-0.2, 0) is 9.84 Å². The normalized spacial score (nSPS) is 18.3. The Balaban J connectivity index is 2.34. The first-order valence-corrected chi connectivity index (χ1v) is 8.05. The van der Waals surface area contributed by atoms with E-state index in [0.717, 1.165) is 0 Å². The van der Waals surface area contributed by atoms with Crippen molar-refractivity contribution in [3.63, 3.8) is 0 Å². The number of carbonyl (C=O) groups is 1. The molecule has 0 radical (unpaired) electrons. The van der Waals surface area contributed by atoms with Gasteiger partial charge in [-0.25, -0.2) is 13.2 Å². The molecule has 1 aromatic carbocycles. The minimum atomic E-state index is -2.99. The number of hydrogen-bond acceptors (Lipinski definition) is 4. The van der Waals surface area contributed by atoms with Crippen molar-refractivity contribution in [1.82, 2.24) is 0 Å². The SMILES string of the molecule is O=C(O)c1cc(Cl)c(N2CCS(=O)(=O)CC2)c(Cl)c1. The van der Waals surface area contributed by atoms with E-state index in [2.05, 4.69) is 0 Å². The molecule has 1 saturated heterocycles. The summed E-state index contributed by atoms with van der Waals surface area (Å²) in [6, 6.07) is 2.63. The third-order valence-electron chi connectivity index (χ3n) is 2.92. The minimum Gasteiger partial charge on any atom is -0.478 e. The van der Waals surface area contributed by atoms with Gasteiger partial charge in [0.25, 0.3) is 0 Å². The van der Waals surface area contributed by atoms with Gasteiger partial charge in [0.2, 0.25) is 0 Å². The smallest absolute Gasteiger partial charge is 0.335 e. The van der Waals surface area contributed by atoms with E-state index in [9.17, 15) is 13.2 Å². The number of carboxylic acids is 1. The number of rotatable bonds is 2. The van der Waals surface area contributed by atoms with Crippen LogP contribution < -0.4 is 4.90 Å². The van der Waals surface area contributed by atoms with E-state index in [1.807, 2.05) is 0 Å². The summed E-state index contributed by atoms with van der Waals surface area (Å²) in [5, 5.41) is 9.32. The topological polar surface area (TPSA) is 74.7 Å². The molecular formula is C11H11Cl2NO4S. The zero-order chi connectivity index (χ0) is 14.2. The predicted octanol–water partition coefficient (Wildman–Crippen LogP) is 1.93. The molecule has 104 valence electrons. The van der Waals surface area contributed by atoms with Crippen molar-refractivity contribution in [2.75, 3.05) is 29.5 Å². The molecule has 1 aliphatic rings. The molecule has 0 bridgehead atoms. The van der Waals surface area contributed by atoms with Gasteiger partial charge in [0.15, 0.2) is 9.84 Å². The van der Waals surface area contributed by atoms with Crippen molar-refractivity contribution >= 4 is 44.7 Å². The third-order valence-corrected chi connectivity index (χ3v) is 5.11. The summed E-state index contributed by atoms with van der Waals surface area (Å²) < 4.78 is 22.7. The number of anilines is 1. The Morgan fingerprint density at radius 3 is 2.05 bits per heavy atom. The molecule has 8 heteroatoms. The largest absolute Gasteiger partial charge is 0.478 e. The Bertz CT molecular complexity index is 593. The van der Waals surface area contributed by atoms with Gasteiger partial charge in [0, 0.05) is 13.1 Å². The van der Waals surface area contributed by atoms with Gasteiger partial charge < -0.3 is 10.0 Å². The van der Waals surface area contributed by atoms with Crippen LogP contribution in [0.1, 0.15) is 10.4 Å². The van der Waals surface area contributed by atoms with Crippen molar-refractivity contribution in [2.24, 2.45) is 0 Å². The lowest BCUT2D eigenvalue weighted by Crippen LogP contribution is -2.40. The Hall–Kier alpha value is -0.980. The van der Waals surface area contributed by atoms with Crippen LogP contribution in [0.25, 0.3) is 0 Å². The van der Waals surface area contributed by atoms with Crippen LogP contribution in [0.5, 0.6) is 0 Å². The first kappa shape index (κ1) is 14.4. The summed E-state index contributed by atoms with van der Waals surface area (Å²) in [7, 11) is -2.99. The van der Waals surface area contributed by atoms with Gasteiger partial charge in [-0.3, -0.25) is 0 Å². The molecule has 5 nitrogen and oxygen atoms in total. The van der Waals surface area contributed by atoms with Gasteiger partial charge >= 0.3 is 5.97 Å². The second kappa shape index (κ2) is 5.19. The van der Waals surface area contributed by atoms with Gasteiger partial charge in [-0.2, -0.15) is 0 Å². The van der Waals surface area contributed by atoms with Gasteiger partial charge in [0.1, 0.15) is 0 Å². The number of sulfone groups is 1. The maximum absolute atomic E-state index is 11.4. The van der Waals surface area contributed by atoms with Crippen molar-refractivity contribution in [3.8, 4) is 0 Å². The fourth-order valence-corrected chi connectivity index (χ4v) is 3.85. The van der Waals surface area contributed by atoms with Crippen LogP contribution >= 0.6 is 23.2 Å². The molecule has 0 aliphatic carbocycles. The molecule has 1 aromatic rings. The van der Waals surface area contributed by atoms with E-state index >= 15 is 0 Å². The van der Waals surface area contributed by atoms with Gasteiger partial charge in [-0.1, -0.05) is 23.2 Å². The predicted molar refractivity (Wildman–Crippen MR) is 74.3 cm³/mol. The highest BCUT2D eigenvalue weighted by Gasteiger charge is 2.25. The molecule has 1 heterocycles. The average molecular weight is 324 g/mol. The molecule has 1 aliphatic heterocycles. The Labute approximate surface area is 120 Å². The zero-order valence-corrected chi connectivity index (χ0v) is 12.1. The number of aromatic carboxylic acids is 1. The minimum absolute atomic E-state index is 0.00313. The van der Waals surface area contributed by atoms with Gasteiger partial charge in [-0.05, 0) is 12.1 Å². The molecule has 19 heavy (non-hydrogen) atoms. The molecule has 0 unspecified atom stereocenters. The molecule has 1 fully saturated rings. The van der Waals surface area contributed by atoms with Crippen molar-refractivity contribution in [1.29, 1.82) is 0 Å². The van der Waals surface area contributed by atoms with Crippen molar-refractivity contribution in [2.45, 2.75) is 0 Å². The highest BCUT2D eigenvalue weighted by Crippen LogP contribution is 2.35. The molecule has 0 aromatic heterocycles. The van der Waals surface area contributed by atoms with Crippen LogP contribution in [0.4, 0.5) is 5.69 Å². The average Bonchev–Trinajstić information content (AvgIpc) is 2.30. The standard InChI is InChI=1S/C11H11Cl2NO4S/c12-8-5-7(11(15)16)6-9(13)10(8)14-1-3-19(17,18)4-2-14/h5-6H,1-4H2,(H,15,16). The lowest BCUT2D eigenvalue weighted by Gasteiger charge is -2.30. The van der Waals surface area contributed by atoms with E-state index in [0.29, 0.717) is 18.8 Å². The van der Waals surface area contributed by atoms with Crippen LogP contribution in [0.2, 0.25) is 10.0 Å². The number of halogens is 2. The lowest BCUT2D eigenvalue weighted by atomic mass is 10.2. The monoisotopic (exact) mass is 323 g/mol. The number of benzene rings is 1. The van der Waals surface area contributed by atoms with Crippen LogP contribution in [-0.4, -0.2) is 44.1 Å². The number of hydrogen-bond donors (Lipinski definition) is 1. The highest BCUT2D eigenvalue weighted by atomic mass is 35.5.